The first-order chi connectivity index (χ1) is 8.02. The SMILES string of the molecule is Cc1cccc([N+](=O)[O-])c1NCC1(C)CCC1. The summed E-state index contributed by atoms with van der Waals surface area (Å²) >= 11 is 0. The lowest BCUT2D eigenvalue weighted by Gasteiger charge is -2.38. The average Bonchev–Trinajstić information content (AvgIpc) is 2.24. The average molecular weight is 234 g/mol. The van der Waals surface area contributed by atoms with Crippen LogP contribution in [0.15, 0.2) is 18.2 Å². The molecule has 92 valence electrons. The molecule has 1 N–H and O–H groups in total. The molecule has 0 aliphatic heterocycles. The van der Waals surface area contributed by atoms with Crippen LogP contribution in [0.2, 0.25) is 0 Å². The number of nitrogens with zero attached hydrogens (tertiary/aromatic N) is 1. The minimum Gasteiger partial charge on any atom is -0.379 e. The van der Waals surface area contributed by atoms with Crippen molar-refractivity contribution in [3.63, 3.8) is 0 Å². The van der Waals surface area contributed by atoms with E-state index in [9.17, 15) is 10.1 Å². The third-order valence-electron chi connectivity index (χ3n) is 3.70. The van der Waals surface area contributed by atoms with E-state index in [1.54, 1.807) is 12.1 Å². The third-order valence-corrected chi connectivity index (χ3v) is 3.70. The van der Waals surface area contributed by atoms with Gasteiger partial charge in [-0.15, -0.1) is 0 Å². The standard InChI is InChI=1S/C13H18N2O2/c1-10-5-3-6-11(15(16)17)12(10)14-9-13(2)7-4-8-13/h3,5-6,14H,4,7-9H2,1-2H3. The fourth-order valence-corrected chi connectivity index (χ4v) is 2.29. The molecule has 1 aliphatic rings. The van der Waals surface area contributed by atoms with Crippen molar-refractivity contribution in [3.05, 3.63) is 33.9 Å². The van der Waals surface area contributed by atoms with Crippen molar-refractivity contribution in [2.45, 2.75) is 33.1 Å². The normalized spacial score (nSPS) is 17.3. The van der Waals surface area contributed by atoms with Crippen molar-refractivity contribution in [3.8, 4) is 0 Å². The van der Waals surface area contributed by atoms with Gasteiger partial charge in [-0.05, 0) is 30.7 Å². The van der Waals surface area contributed by atoms with Crippen LogP contribution in [0.5, 0.6) is 0 Å². The molecule has 2 rings (SSSR count). The van der Waals surface area contributed by atoms with Gasteiger partial charge in [0.1, 0.15) is 5.69 Å². The number of nitro benzene ring substituents is 1. The van der Waals surface area contributed by atoms with E-state index in [1.165, 1.54) is 19.3 Å². The summed E-state index contributed by atoms with van der Waals surface area (Å²) in [5.74, 6) is 0. The van der Waals surface area contributed by atoms with E-state index in [4.69, 9.17) is 0 Å². The topological polar surface area (TPSA) is 55.2 Å². The number of rotatable bonds is 4. The third kappa shape index (κ3) is 2.40. The Labute approximate surface area is 101 Å². The summed E-state index contributed by atoms with van der Waals surface area (Å²) in [5.41, 5.74) is 2.09. The second-order valence-electron chi connectivity index (χ2n) is 5.24. The molecule has 0 saturated heterocycles. The van der Waals surface area contributed by atoms with Gasteiger partial charge in [-0.25, -0.2) is 0 Å². The highest BCUT2D eigenvalue weighted by atomic mass is 16.6. The summed E-state index contributed by atoms with van der Waals surface area (Å²) in [7, 11) is 0. The maximum absolute atomic E-state index is 10.9. The zero-order valence-electron chi connectivity index (χ0n) is 10.3. The molecule has 0 heterocycles. The lowest BCUT2D eigenvalue weighted by Crippen LogP contribution is -2.33. The number of nitrogens with one attached hydrogen (secondary N) is 1. The summed E-state index contributed by atoms with van der Waals surface area (Å²) in [4.78, 5) is 10.6. The van der Waals surface area contributed by atoms with Crippen LogP contribution in [0.4, 0.5) is 11.4 Å². The van der Waals surface area contributed by atoms with Crippen LogP contribution in [-0.4, -0.2) is 11.5 Å². The minimum atomic E-state index is -0.321. The molecule has 17 heavy (non-hydrogen) atoms. The number of hydrogen-bond acceptors (Lipinski definition) is 3. The van der Waals surface area contributed by atoms with Crippen molar-refractivity contribution in [2.75, 3.05) is 11.9 Å². The largest absolute Gasteiger partial charge is 0.379 e. The van der Waals surface area contributed by atoms with E-state index < -0.39 is 0 Å². The second kappa shape index (κ2) is 4.35. The van der Waals surface area contributed by atoms with Crippen molar-refractivity contribution in [1.82, 2.24) is 0 Å². The Bertz CT molecular complexity index is 439. The number of hydrogen-bond donors (Lipinski definition) is 1. The van der Waals surface area contributed by atoms with Crippen LogP contribution in [0.25, 0.3) is 0 Å². The zero-order valence-corrected chi connectivity index (χ0v) is 10.3. The van der Waals surface area contributed by atoms with Gasteiger partial charge in [0.25, 0.3) is 5.69 Å². The highest BCUT2D eigenvalue weighted by molar-refractivity contribution is 5.66. The summed E-state index contributed by atoms with van der Waals surface area (Å²) in [6.45, 7) is 4.95. The van der Waals surface area contributed by atoms with Crippen LogP contribution in [-0.2, 0) is 0 Å². The van der Waals surface area contributed by atoms with Crippen LogP contribution < -0.4 is 5.32 Å². The number of para-hydroxylation sites is 1. The molecule has 0 atom stereocenters. The van der Waals surface area contributed by atoms with E-state index in [-0.39, 0.29) is 10.6 Å². The number of anilines is 1. The molecular formula is C13H18N2O2. The van der Waals surface area contributed by atoms with Gasteiger partial charge in [0, 0.05) is 12.6 Å². The number of aryl methyl sites for hydroxylation is 1. The van der Waals surface area contributed by atoms with Gasteiger partial charge in [0.2, 0.25) is 0 Å². The Hall–Kier alpha value is -1.58. The Kier molecular flexibility index (Phi) is 3.05. The van der Waals surface area contributed by atoms with E-state index in [2.05, 4.69) is 12.2 Å². The van der Waals surface area contributed by atoms with Crippen molar-refractivity contribution < 1.29 is 4.92 Å². The first-order valence-corrected chi connectivity index (χ1v) is 6.00. The minimum absolute atomic E-state index is 0.174. The molecule has 0 radical (unpaired) electrons. The lowest BCUT2D eigenvalue weighted by atomic mass is 9.70. The molecule has 4 heteroatoms. The van der Waals surface area contributed by atoms with Crippen LogP contribution in [0.3, 0.4) is 0 Å². The first kappa shape index (κ1) is 11.9. The molecule has 0 bridgehead atoms. The van der Waals surface area contributed by atoms with Gasteiger partial charge >= 0.3 is 0 Å². The molecule has 1 aliphatic carbocycles. The molecule has 0 amide bonds. The van der Waals surface area contributed by atoms with E-state index in [0.717, 1.165) is 12.1 Å². The molecule has 1 fully saturated rings. The number of benzene rings is 1. The highest BCUT2D eigenvalue weighted by Gasteiger charge is 2.32. The molecule has 0 unspecified atom stereocenters. The molecule has 1 saturated carbocycles. The monoisotopic (exact) mass is 234 g/mol. The predicted octanol–water partition coefficient (Wildman–Crippen LogP) is 3.51. The zero-order chi connectivity index (χ0) is 12.5. The van der Waals surface area contributed by atoms with E-state index in [1.807, 2.05) is 13.0 Å². The van der Waals surface area contributed by atoms with Crippen LogP contribution >= 0.6 is 0 Å². The molecule has 0 spiro atoms. The molecule has 4 nitrogen and oxygen atoms in total. The van der Waals surface area contributed by atoms with Gasteiger partial charge < -0.3 is 5.32 Å². The van der Waals surface area contributed by atoms with Gasteiger partial charge in [-0.1, -0.05) is 25.5 Å². The van der Waals surface area contributed by atoms with Gasteiger partial charge in [0.05, 0.1) is 4.92 Å². The van der Waals surface area contributed by atoms with Crippen molar-refractivity contribution >= 4 is 11.4 Å². The summed E-state index contributed by atoms with van der Waals surface area (Å²) in [6, 6.07) is 5.18. The fourth-order valence-electron chi connectivity index (χ4n) is 2.29. The maximum Gasteiger partial charge on any atom is 0.292 e. The highest BCUT2D eigenvalue weighted by Crippen LogP contribution is 2.41. The van der Waals surface area contributed by atoms with Crippen molar-refractivity contribution in [2.24, 2.45) is 5.41 Å². The van der Waals surface area contributed by atoms with Crippen LogP contribution in [0, 0.1) is 22.5 Å². The Balaban J connectivity index is 2.16. The molecular weight excluding hydrogens is 216 g/mol. The van der Waals surface area contributed by atoms with Gasteiger partial charge in [0.15, 0.2) is 0 Å². The van der Waals surface area contributed by atoms with Gasteiger partial charge in [-0.2, -0.15) is 0 Å². The van der Waals surface area contributed by atoms with E-state index >= 15 is 0 Å². The van der Waals surface area contributed by atoms with Gasteiger partial charge in [-0.3, -0.25) is 10.1 Å². The summed E-state index contributed by atoms with van der Waals surface area (Å²) in [6.07, 6.45) is 3.69. The predicted molar refractivity (Wildman–Crippen MR) is 68.3 cm³/mol. The molecule has 1 aromatic carbocycles. The quantitative estimate of drug-likeness (QED) is 0.640. The Morgan fingerprint density at radius 2 is 2.18 bits per heavy atom. The smallest absolute Gasteiger partial charge is 0.292 e. The summed E-state index contributed by atoms with van der Waals surface area (Å²) in [5, 5.41) is 14.2. The Morgan fingerprint density at radius 3 is 2.71 bits per heavy atom. The van der Waals surface area contributed by atoms with Crippen LogP contribution in [0.1, 0.15) is 31.7 Å². The fraction of sp³-hybridized carbons (Fsp3) is 0.538. The number of nitro groups is 1. The lowest BCUT2D eigenvalue weighted by molar-refractivity contribution is -0.384. The molecule has 1 aromatic rings. The maximum atomic E-state index is 10.9. The van der Waals surface area contributed by atoms with Crippen molar-refractivity contribution in [1.29, 1.82) is 0 Å². The summed E-state index contributed by atoms with van der Waals surface area (Å²) < 4.78 is 0. The first-order valence-electron chi connectivity index (χ1n) is 6.00. The molecule has 0 aromatic heterocycles. The second-order valence-corrected chi connectivity index (χ2v) is 5.24. The van der Waals surface area contributed by atoms with E-state index in [0.29, 0.717) is 11.1 Å². The Morgan fingerprint density at radius 1 is 1.47 bits per heavy atom.